The zero-order valence-corrected chi connectivity index (χ0v) is 14.0. The molecule has 0 aromatic heterocycles. The smallest absolute Gasteiger partial charge is 0.00801 e. The minimum atomic E-state index is 0.814. The molecule has 0 bridgehead atoms. The fourth-order valence-electron chi connectivity index (χ4n) is 4.17. The van der Waals surface area contributed by atoms with Gasteiger partial charge in [-0.15, -0.1) is 0 Å². The second-order valence-corrected chi connectivity index (χ2v) is 8.39. The number of nitrogens with one attached hydrogen (secondary N) is 1. The summed E-state index contributed by atoms with van der Waals surface area (Å²) in [4.78, 5) is 0. The molecule has 0 radical (unpaired) electrons. The molecular weight excluding hydrogens is 250 g/mol. The minimum absolute atomic E-state index is 0.814. The van der Waals surface area contributed by atoms with Crippen molar-refractivity contribution >= 4 is 11.8 Å². The van der Waals surface area contributed by atoms with E-state index in [2.05, 4.69) is 37.2 Å². The van der Waals surface area contributed by atoms with Gasteiger partial charge in [0.2, 0.25) is 0 Å². The predicted octanol–water partition coefficient (Wildman–Crippen LogP) is 4.86. The summed E-state index contributed by atoms with van der Waals surface area (Å²) in [5, 5.41) is 4.93. The molecule has 0 heterocycles. The first-order valence-electron chi connectivity index (χ1n) is 8.46. The van der Waals surface area contributed by atoms with Crippen molar-refractivity contribution in [2.24, 2.45) is 11.8 Å². The second-order valence-electron chi connectivity index (χ2n) is 7.25. The molecule has 2 aliphatic carbocycles. The predicted molar refractivity (Wildman–Crippen MR) is 87.9 cm³/mol. The lowest BCUT2D eigenvalue weighted by Gasteiger charge is -2.36. The largest absolute Gasteiger partial charge is 0.311 e. The van der Waals surface area contributed by atoms with Gasteiger partial charge in [0.25, 0.3) is 0 Å². The van der Waals surface area contributed by atoms with Crippen molar-refractivity contribution in [3.05, 3.63) is 0 Å². The van der Waals surface area contributed by atoms with E-state index in [4.69, 9.17) is 0 Å². The van der Waals surface area contributed by atoms with Gasteiger partial charge in [-0.2, -0.15) is 11.8 Å². The van der Waals surface area contributed by atoms with Gasteiger partial charge in [-0.25, -0.2) is 0 Å². The van der Waals surface area contributed by atoms with Crippen molar-refractivity contribution in [3.63, 3.8) is 0 Å². The molecule has 0 amide bonds. The Kier molecular flexibility index (Phi) is 6.55. The summed E-state index contributed by atoms with van der Waals surface area (Å²) in [7, 11) is 0. The lowest BCUT2D eigenvalue weighted by atomic mass is 9.80. The topological polar surface area (TPSA) is 12.0 Å². The number of rotatable bonds is 5. The molecule has 2 rings (SSSR count). The van der Waals surface area contributed by atoms with Gasteiger partial charge in [0.05, 0.1) is 0 Å². The monoisotopic (exact) mass is 283 g/mol. The van der Waals surface area contributed by atoms with Crippen LogP contribution in [0, 0.1) is 11.8 Å². The van der Waals surface area contributed by atoms with Crippen LogP contribution in [-0.2, 0) is 0 Å². The highest BCUT2D eigenvalue weighted by atomic mass is 32.2. The van der Waals surface area contributed by atoms with E-state index in [1.165, 1.54) is 57.8 Å². The van der Waals surface area contributed by atoms with Gasteiger partial charge in [0, 0.05) is 17.3 Å². The van der Waals surface area contributed by atoms with E-state index >= 15 is 0 Å². The summed E-state index contributed by atoms with van der Waals surface area (Å²) in [6.45, 7) is 4.75. The Labute approximate surface area is 124 Å². The average Bonchev–Trinajstić information content (AvgIpc) is 2.38. The molecule has 2 heteroatoms. The van der Waals surface area contributed by atoms with Gasteiger partial charge in [0.15, 0.2) is 0 Å². The molecule has 0 aromatic carbocycles. The minimum Gasteiger partial charge on any atom is -0.311 e. The molecule has 4 atom stereocenters. The molecule has 0 saturated heterocycles. The molecule has 19 heavy (non-hydrogen) atoms. The average molecular weight is 284 g/mol. The quantitative estimate of drug-likeness (QED) is 0.773. The van der Waals surface area contributed by atoms with Gasteiger partial charge in [0.1, 0.15) is 0 Å². The Morgan fingerprint density at radius 2 is 1.68 bits per heavy atom. The maximum Gasteiger partial charge on any atom is 0.00801 e. The molecule has 1 nitrogen and oxygen atoms in total. The number of hydrogen-bond acceptors (Lipinski definition) is 2. The van der Waals surface area contributed by atoms with E-state index in [0.29, 0.717) is 0 Å². The van der Waals surface area contributed by atoms with Crippen LogP contribution in [0.1, 0.15) is 71.6 Å². The molecule has 2 fully saturated rings. The van der Waals surface area contributed by atoms with Crippen LogP contribution in [0.3, 0.4) is 0 Å². The van der Waals surface area contributed by atoms with Gasteiger partial charge >= 0.3 is 0 Å². The normalized spacial score (nSPS) is 36.6. The van der Waals surface area contributed by atoms with E-state index in [0.717, 1.165) is 29.2 Å². The molecule has 0 spiro atoms. The lowest BCUT2D eigenvalue weighted by molar-refractivity contribution is 0.226. The Bertz CT molecular complexity index is 254. The van der Waals surface area contributed by atoms with E-state index in [1.54, 1.807) is 0 Å². The van der Waals surface area contributed by atoms with Crippen LogP contribution in [-0.4, -0.2) is 23.6 Å². The molecule has 0 aliphatic heterocycles. The van der Waals surface area contributed by atoms with Crippen molar-refractivity contribution in [3.8, 4) is 0 Å². The molecule has 4 unspecified atom stereocenters. The Morgan fingerprint density at radius 3 is 2.37 bits per heavy atom. The third kappa shape index (κ3) is 5.30. The van der Waals surface area contributed by atoms with E-state index in [9.17, 15) is 0 Å². The van der Waals surface area contributed by atoms with Crippen molar-refractivity contribution in [1.29, 1.82) is 0 Å². The first-order valence-corrected chi connectivity index (χ1v) is 9.75. The molecule has 112 valence electrons. The van der Waals surface area contributed by atoms with Crippen molar-refractivity contribution in [2.75, 3.05) is 6.26 Å². The second kappa shape index (κ2) is 7.93. The highest BCUT2D eigenvalue weighted by molar-refractivity contribution is 7.99. The van der Waals surface area contributed by atoms with Gasteiger partial charge in [-0.05, 0) is 56.6 Å². The Morgan fingerprint density at radius 1 is 1.00 bits per heavy atom. The molecular formula is C17H33NS. The van der Waals surface area contributed by atoms with Crippen LogP contribution in [0.25, 0.3) is 0 Å². The van der Waals surface area contributed by atoms with Crippen LogP contribution in [0.15, 0.2) is 0 Å². The van der Waals surface area contributed by atoms with E-state index < -0.39 is 0 Å². The fourth-order valence-corrected chi connectivity index (χ4v) is 4.99. The van der Waals surface area contributed by atoms with E-state index in [1.807, 2.05) is 0 Å². The first-order chi connectivity index (χ1) is 9.17. The third-order valence-electron chi connectivity index (χ3n) is 5.02. The van der Waals surface area contributed by atoms with Crippen molar-refractivity contribution in [1.82, 2.24) is 5.32 Å². The zero-order chi connectivity index (χ0) is 13.7. The molecule has 2 saturated carbocycles. The maximum absolute atomic E-state index is 4.01. The Hall–Kier alpha value is 0.310. The van der Waals surface area contributed by atoms with Crippen LogP contribution < -0.4 is 5.32 Å². The zero-order valence-electron chi connectivity index (χ0n) is 13.2. The SMILES string of the molecule is CSC1CCCC(NC2CCCC(CC(C)C)C2)C1. The number of thioether (sulfide) groups is 1. The summed E-state index contributed by atoms with van der Waals surface area (Å²) >= 11 is 2.08. The summed E-state index contributed by atoms with van der Waals surface area (Å²) in [5.41, 5.74) is 0. The Balaban J connectivity index is 1.75. The lowest BCUT2D eigenvalue weighted by Crippen LogP contribution is -2.44. The standard InChI is InChI=1S/C17H33NS/c1-13(2)10-14-6-4-7-15(11-14)18-16-8-5-9-17(12-16)19-3/h13-18H,4-12H2,1-3H3. The van der Waals surface area contributed by atoms with Crippen LogP contribution in [0.2, 0.25) is 0 Å². The van der Waals surface area contributed by atoms with Gasteiger partial charge in [-0.1, -0.05) is 33.1 Å². The summed E-state index contributed by atoms with van der Waals surface area (Å²) < 4.78 is 0. The highest BCUT2D eigenvalue weighted by Gasteiger charge is 2.27. The van der Waals surface area contributed by atoms with Crippen molar-refractivity contribution < 1.29 is 0 Å². The molecule has 0 aromatic rings. The van der Waals surface area contributed by atoms with E-state index in [-0.39, 0.29) is 0 Å². The summed E-state index contributed by atoms with van der Waals surface area (Å²) in [6.07, 6.45) is 15.2. The molecule has 1 N–H and O–H groups in total. The van der Waals surface area contributed by atoms with Gasteiger partial charge < -0.3 is 5.32 Å². The summed E-state index contributed by atoms with van der Waals surface area (Å²) in [5.74, 6) is 1.87. The highest BCUT2D eigenvalue weighted by Crippen LogP contribution is 2.32. The van der Waals surface area contributed by atoms with Crippen LogP contribution >= 0.6 is 11.8 Å². The third-order valence-corrected chi connectivity index (χ3v) is 6.11. The van der Waals surface area contributed by atoms with Gasteiger partial charge in [-0.3, -0.25) is 0 Å². The van der Waals surface area contributed by atoms with Crippen LogP contribution in [0.4, 0.5) is 0 Å². The van der Waals surface area contributed by atoms with Crippen LogP contribution in [0.5, 0.6) is 0 Å². The van der Waals surface area contributed by atoms with Crippen molar-refractivity contribution in [2.45, 2.75) is 89.0 Å². The number of hydrogen-bond donors (Lipinski definition) is 1. The molecule has 2 aliphatic rings. The summed E-state index contributed by atoms with van der Waals surface area (Å²) in [6, 6.07) is 1.64. The first kappa shape index (κ1) is 15.7. The maximum atomic E-state index is 4.01. The fraction of sp³-hybridized carbons (Fsp3) is 1.00.